The topological polar surface area (TPSA) is 258 Å². The summed E-state index contributed by atoms with van der Waals surface area (Å²) in [4.78, 5) is 113. The van der Waals surface area contributed by atoms with Gasteiger partial charge in [-0.25, -0.2) is 9.97 Å². The van der Waals surface area contributed by atoms with Crippen molar-refractivity contribution in [3.05, 3.63) is 143 Å². The molecule has 2 aliphatic heterocycles. The Labute approximate surface area is 446 Å². The van der Waals surface area contributed by atoms with Crippen LogP contribution in [0.5, 0.6) is 0 Å². The second-order valence-corrected chi connectivity index (χ2v) is 20.9. The summed E-state index contributed by atoms with van der Waals surface area (Å²) in [5.41, 5.74) is 1.11. The molecule has 0 atom stereocenters. The molecule has 2 saturated heterocycles. The van der Waals surface area contributed by atoms with Gasteiger partial charge in [0.2, 0.25) is 11.8 Å². The van der Waals surface area contributed by atoms with E-state index in [0.29, 0.717) is 57.7 Å². The van der Waals surface area contributed by atoms with Crippen LogP contribution < -0.4 is 32.0 Å². The van der Waals surface area contributed by atoms with E-state index in [2.05, 4.69) is 53.6 Å². The van der Waals surface area contributed by atoms with E-state index in [1.54, 1.807) is 84.6 Å². The van der Waals surface area contributed by atoms with E-state index in [-0.39, 0.29) is 84.3 Å². The van der Waals surface area contributed by atoms with Gasteiger partial charge in [0.15, 0.2) is 0 Å². The van der Waals surface area contributed by atoms with Gasteiger partial charge < -0.3 is 40.9 Å². The number of likely N-dealkylation sites (N-methyl/N-ethyl adjacent to an activating group) is 2. The highest BCUT2D eigenvalue weighted by Crippen LogP contribution is 2.31. The Morgan fingerprint density at radius 3 is 1.43 bits per heavy atom. The standard InChI is InChI=1S/C26H28ClN5O5.C23H22Cl2N4O3.C3H7NO2/c1-26(2)14-31(15-26)21(33)12-32-23-18(20(8-9-28-23)30(3)13-22(34)35)10-19(25(32)37)24(36)29-11-16-4-6-17(27)7-5-16;1-23(2)12-28(13-23)19(30)11-29-20-16(18(25)7-8-26-20)9-17(22(29)32)21(31)27-10-14-3-5-15(24)6-4-14;1-4-2-3(5)6/h4-10H,11-15H2,1-3H3,(H,29,36)(H,34,35);3-9H,10-13H2,1-2H3,(H,27,31);4H,2H2,1H3,(H,5,6). The van der Waals surface area contributed by atoms with Gasteiger partial charge in [0.05, 0.1) is 11.6 Å². The van der Waals surface area contributed by atoms with E-state index in [1.807, 2.05) is 0 Å². The Morgan fingerprint density at radius 2 is 1.04 bits per heavy atom. The van der Waals surface area contributed by atoms with Crippen molar-refractivity contribution < 1.29 is 39.0 Å². The van der Waals surface area contributed by atoms with Crippen molar-refractivity contribution in [2.24, 2.45) is 10.8 Å². The van der Waals surface area contributed by atoms with Gasteiger partial charge in [0.25, 0.3) is 22.9 Å². The lowest BCUT2D eigenvalue weighted by Crippen LogP contribution is -2.56. The minimum absolute atomic E-state index is 0.0110. The molecule has 2 fully saturated rings. The largest absolute Gasteiger partial charge is 0.480 e. The summed E-state index contributed by atoms with van der Waals surface area (Å²) in [7, 11) is 3.18. The summed E-state index contributed by atoms with van der Waals surface area (Å²) in [6, 6.07) is 20.0. The second-order valence-electron chi connectivity index (χ2n) is 19.6. The number of aromatic nitrogens is 4. The maximum Gasteiger partial charge on any atom is 0.323 e. The lowest BCUT2D eigenvalue weighted by molar-refractivity contribution is -0.142. The summed E-state index contributed by atoms with van der Waals surface area (Å²) >= 11 is 18.1. The zero-order valence-electron chi connectivity index (χ0n) is 42.1. The highest BCUT2D eigenvalue weighted by molar-refractivity contribution is 6.35. The number of amides is 4. The molecule has 0 bridgehead atoms. The number of likely N-dealkylation sites (tertiary alicyclic amines) is 2. The van der Waals surface area contributed by atoms with Crippen LogP contribution in [0.25, 0.3) is 22.1 Å². The molecule has 8 rings (SSSR count). The minimum Gasteiger partial charge on any atom is -0.480 e. The van der Waals surface area contributed by atoms with Crippen molar-refractivity contribution in [3.8, 4) is 0 Å². The van der Waals surface area contributed by atoms with Gasteiger partial charge in [-0.1, -0.05) is 86.8 Å². The maximum atomic E-state index is 13.5. The monoisotopic (exact) mass is 1090 g/mol. The number of carboxylic acids is 2. The number of halogens is 3. The Balaban J connectivity index is 0.000000222. The Hall–Kier alpha value is -7.39. The van der Waals surface area contributed by atoms with Crippen LogP contribution in [0, 0.1) is 10.8 Å². The number of pyridine rings is 4. The molecule has 6 aromatic rings. The van der Waals surface area contributed by atoms with Crippen molar-refractivity contribution in [1.29, 1.82) is 0 Å². The molecule has 4 amide bonds. The maximum absolute atomic E-state index is 13.5. The fourth-order valence-corrected chi connectivity index (χ4v) is 8.88. The van der Waals surface area contributed by atoms with E-state index in [0.717, 1.165) is 11.1 Å². The number of anilines is 1. The molecule has 6 heterocycles. The number of benzene rings is 2. The third kappa shape index (κ3) is 14.7. The normalized spacial score (nSPS) is 14.0. The van der Waals surface area contributed by atoms with Gasteiger partial charge in [-0.3, -0.25) is 47.5 Å². The second kappa shape index (κ2) is 24.3. The van der Waals surface area contributed by atoms with Crippen molar-refractivity contribution in [2.75, 3.05) is 58.3 Å². The van der Waals surface area contributed by atoms with Crippen molar-refractivity contribution in [2.45, 2.75) is 53.9 Å². The average molecular weight is 1090 g/mol. The number of nitrogens with zero attached hydrogens (tertiary/aromatic N) is 7. The van der Waals surface area contributed by atoms with E-state index in [1.165, 1.54) is 38.6 Å². The summed E-state index contributed by atoms with van der Waals surface area (Å²) < 4.78 is 2.42. The number of rotatable bonds is 15. The number of carboxylic acid groups (broad SMARTS) is 2. The van der Waals surface area contributed by atoms with E-state index < -0.39 is 34.9 Å². The zero-order chi connectivity index (χ0) is 54.9. The summed E-state index contributed by atoms with van der Waals surface area (Å²) in [5, 5.41) is 27.4. The molecule has 0 spiro atoms. The number of fused-ring (bicyclic) bond motifs is 2. The van der Waals surface area contributed by atoms with Gasteiger partial charge in [-0.2, -0.15) is 0 Å². The van der Waals surface area contributed by atoms with Crippen LogP contribution in [0.15, 0.2) is 94.8 Å². The van der Waals surface area contributed by atoms with Crippen molar-refractivity contribution in [3.63, 3.8) is 0 Å². The molecule has 75 heavy (non-hydrogen) atoms. The van der Waals surface area contributed by atoms with E-state index in [9.17, 15) is 43.5 Å². The first-order valence-electron chi connectivity index (χ1n) is 23.5. The first-order chi connectivity index (χ1) is 35.4. The molecule has 0 unspecified atom stereocenters. The molecule has 4 aromatic heterocycles. The predicted octanol–water partition coefficient (Wildman–Crippen LogP) is 5.16. The number of nitrogens with one attached hydrogen (secondary N) is 3. The molecule has 2 aromatic carbocycles. The first kappa shape index (κ1) is 56.9. The Kier molecular flexibility index (Phi) is 18.4. The zero-order valence-corrected chi connectivity index (χ0v) is 44.3. The molecular weight excluding hydrogens is 1030 g/mol. The fourth-order valence-electron chi connectivity index (χ4n) is 8.44. The summed E-state index contributed by atoms with van der Waals surface area (Å²) in [6.07, 6.45) is 2.92. The highest BCUT2D eigenvalue weighted by Gasteiger charge is 2.38. The van der Waals surface area contributed by atoms with Crippen LogP contribution in [0.2, 0.25) is 15.1 Å². The number of hydrogen-bond acceptors (Lipinski definition) is 12. The molecule has 0 radical (unpaired) electrons. The Morgan fingerprint density at radius 1 is 0.627 bits per heavy atom. The average Bonchev–Trinajstić information content (AvgIpc) is 3.33. The molecule has 2 aliphatic rings. The van der Waals surface area contributed by atoms with Crippen LogP contribution >= 0.6 is 34.8 Å². The molecular formula is C52H57Cl3N10O10. The molecule has 23 heteroatoms. The van der Waals surface area contributed by atoms with Gasteiger partial charge >= 0.3 is 11.9 Å². The van der Waals surface area contributed by atoms with Crippen LogP contribution in [-0.4, -0.2) is 128 Å². The number of carbonyl (C=O) groups is 6. The van der Waals surface area contributed by atoms with Crippen LogP contribution in [0.3, 0.4) is 0 Å². The molecule has 20 nitrogen and oxygen atoms in total. The molecule has 0 saturated carbocycles. The van der Waals surface area contributed by atoms with Gasteiger partial charge in [-0.05, 0) is 77.5 Å². The molecule has 5 N–H and O–H groups in total. The number of aliphatic carboxylic acids is 2. The smallest absolute Gasteiger partial charge is 0.323 e. The van der Waals surface area contributed by atoms with Crippen LogP contribution in [0.4, 0.5) is 5.69 Å². The van der Waals surface area contributed by atoms with Gasteiger partial charge in [0, 0.05) is 85.2 Å². The van der Waals surface area contributed by atoms with Gasteiger partial charge in [0.1, 0.15) is 42.1 Å². The third-order valence-corrected chi connectivity index (χ3v) is 12.8. The number of hydrogen-bond donors (Lipinski definition) is 5. The lowest BCUT2D eigenvalue weighted by Gasteiger charge is -2.45. The Bertz CT molecular complexity index is 3260. The fraction of sp³-hybridized carbons (Fsp3) is 0.346. The van der Waals surface area contributed by atoms with Crippen LogP contribution in [-0.2, 0) is 45.4 Å². The summed E-state index contributed by atoms with van der Waals surface area (Å²) in [5.74, 6) is -3.50. The SMILES string of the molecule is CC1(C)CN(C(=O)Cn2c(=O)c(C(=O)NCc3ccc(Cl)cc3)cc3c(Cl)ccnc32)C1.CN(CC(=O)O)c1ccnc2c1cc(C(=O)NCc1ccc(Cl)cc1)c(=O)n2CC(=O)N1CC(C)(C)C1.CNCC(=O)O. The van der Waals surface area contributed by atoms with E-state index in [4.69, 9.17) is 39.9 Å². The van der Waals surface area contributed by atoms with Crippen LogP contribution in [0.1, 0.15) is 59.5 Å². The molecule has 0 aliphatic carbocycles. The predicted molar refractivity (Wildman–Crippen MR) is 285 cm³/mol. The minimum atomic E-state index is -1.04. The lowest BCUT2D eigenvalue weighted by atomic mass is 9.84. The number of carbonyl (C=O) groups excluding carboxylic acids is 4. The highest BCUT2D eigenvalue weighted by atomic mass is 35.5. The summed E-state index contributed by atoms with van der Waals surface area (Å²) in [6.45, 7) is 10.2. The molecule has 396 valence electrons. The quantitative estimate of drug-likeness (QED) is 0.0891. The van der Waals surface area contributed by atoms with Crippen molar-refractivity contribution >= 4 is 98.1 Å². The van der Waals surface area contributed by atoms with E-state index >= 15 is 0 Å². The van der Waals surface area contributed by atoms with Crippen molar-refractivity contribution in [1.82, 2.24) is 44.9 Å². The third-order valence-electron chi connectivity index (χ3n) is 12.0. The van der Waals surface area contributed by atoms with Gasteiger partial charge in [-0.15, -0.1) is 0 Å². The first-order valence-corrected chi connectivity index (χ1v) is 24.6.